The number of rotatable bonds is 8. The molecule has 1 rings (SSSR count). The summed E-state index contributed by atoms with van der Waals surface area (Å²) >= 11 is 0. The van der Waals surface area contributed by atoms with Crippen molar-refractivity contribution in [2.24, 2.45) is 5.73 Å². The molecule has 0 aromatic heterocycles. The van der Waals surface area contributed by atoms with Gasteiger partial charge in [0.05, 0.1) is 7.85 Å². The standard InChI is InChI=1S/C12H23BN2O2/c13-7-2-1-5-12(14,11(16)17)6-10-15-8-3-4-9-15/h1-10,14H2,(H,16,17). The molecular formula is C12H23BN2O2. The molecule has 1 aliphatic rings. The van der Waals surface area contributed by atoms with E-state index < -0.39 is 11.5 Å². The van der Waals surface area contributed by atoms with Crippen molar-refractivity contribution >= 4 is 13.8 Å². The maximum atomic E-state index is 11.2. The first-order valence-electron chi connectivity index (χ1n) is 6.53. The van der Waals surface area contributed by atoms with Crippen LogP contribution in [-0.4, -0.2) is 49.0 Å². The molecule has 3 N–H and O–H groups in total. The molecule has 4 nitrogen and oxygen atoms in total. The normalized spacial score (nSPS) is 20.3. The van der Waals surface area contributed by atoms with E-state index in [9.17, 15) is 9.90 Å². The molecule has 0 aromatic rings. The molecule has 1 aliphatic heterocycles. The van der Waals surface area contributed by atoms with Crippen LogP contribution in [0.4, 0.5) is 0 Å². The molecule has 1 heterocycles. The van der Waals surface area contributed by atoms with Crippen LogP contribution in [0, 0.1) is 0 Å². The zero-order chi connectivity index (χ0) is 12.7. The summed E-state index contributed by atoms with van der Waals surface area (Å²) in [6.45, 7) is 2.96. The number of unbranched alkanes of at least 4 members (excludes halogenated alkanes) is 1. The van der Waals surface area contributed by atoms with Crippen LogP contribution in [0.1, 0.15) is 38.5 Å². The van der Waals surface area contributed by atoms with Gasteiger partial charge < -0.3 is 15.7 Å². The van der Waals surface area contributed by atoms with E-state index in [1.807, 2.05) is 0 Å². The van der Waals surface area contributed by atoms with E-state index in [0.717, 1.165) is 32.5 Å². The number of nitrogens with zero attached hydrogens (tertiary/aromatic N) is 1. The molecule has 96 valence electrons. The third kappa shape index (κ3) is 4.68. The Kier molecular flexibility index (Phi) is 5.99. The van der Waals surface area contributed by atoms with Crippen molar-refractivity contribution in [1.82, 2.24) is 4.90 Å². The highest BCUT2D eigenvalue weighted by Crippen LogP contribution is 2.19. The Labute approximate surface area is 105 Å². The molecule has 1 atom stereocenters. The summed E-state index contributed by atoms with van der Waals surface area (Å²) in [6, 6.07) is 0. The van der Waals surface area contributed by atoms with E-state index in [2.05, 4.69) is 4.90 Å². The van der Waals surface area contributed by atoms with Crippen LogP contribution in [-0.2, 0) is 4.79 Å². The van der Waals surface area contributed by atoms with Crippen molar-refractivity contribution in [3.05, 3.63) is 0 Å². The maximum Gasteiger partial charge on any atom is 0.323 e. The molecule has 1 fully saturated rings. The highest BCUT2D eigenvalue weighted by molar-refractivity contribution is 6.08. The second kappa shape index (κ2) is 7.02. The second-order valence-electron chi connectivity index (χ2n) is 5.01. The molecule has 0 aromatic carbocycles. The van der Waals surface area contributed by atoms with Crippen molar-refractivity contribution in [2.45, 2.75) is 50.4 Å². The molecule has 0 saturated carbocycles. The summed E-state index contributed by atoms with van der Waals surface area (Å²) in [7, 11) is 5.41. The summed E-state index contributed by atoms with van der Waals surface area (Å²) in [4.78, 5) is 13.5. The van der Waals surface area contributed by atoms with Crippen LogP contribution in [0.15, 0.2) is 0 Å². The van der Waals surface area contributed by atoms with Crippen molar-refractivity contribution in [3.8, 4) is 0 Å². The van der Waals surface area contributed by atoms with Crippen LogP contribution in [0.25, 0.3) is 0 Å². The number of hydrogen-bond donors (Lipinski definition) is 2. The molecule has 0 bridgehead atoms. The Balaban J connectivity index is 2.37. The molecule has 0 spiro atoms. The number of nitrogens with two attached hydrogens (primary N) is 1. The minimum atomic E-state index is -1.07. The lowest BCUT2D eigenvalue weighted by atomic mass is 9.88. The van der Waals surface area contributed by atoms with Crippen molar-refractivity contribution in [1.29, 1.82) is 0 Å². The van der Waals surface area contributed by atoms with Gasteiger partial charge in [0.2, 0.25) is 0 Å². The lowest BCUT2D eigenvalue weighted by Gasteiger charge is -2.27. The summed E-state index contributed by atoms with van der Waals surface area (Å²) in [5.41, 5.74) is 4.92. The first-order chi connectivity index (χ1) is 8.08. The van der Waals surface area contributed by atoms with Crippen LogP contribution in [0.2, 0.25) is 6.32 Å². The Bertz CT molecular complexity index is 245. The fraction of sp³-hybridized carbons (Fsp3) is 0.917. The summed E-state index contributed by atoms with van der Waals surface area (Å²) < 4.78 is 0. The van der Waals surface area contributed by atoms with Gasteiger partial charge in [-0.2, -0.15) is 0 Å². The first-order valence-corrected chi connectivity index (χ1v) is 6.53. The van der Waals surface area contributed by atoms with E-state index >= 15 is 0 Å². The van der Waals surface area contributed by atoms with Crippen molar-refractivity contribution < 1.29 is 9.90 Å². The fourth-order valence-corrected chi connectivity index (χ4v) is 2.29. The van der Waals surface area contributed by atoms with Gasteiger partial charge in [-0.15, -0.1) is 0 Å². The zero-order valence-electron chi connectivity index (χ0n) is 10.5. The maximum absolute atomic E-state index is 11.2. The van der Waals surface area contributed by atoms with Crippen molar-refractivity contribution in [3.63, 3.8) is 0 Å². The lowest BCUT2D eigenvalue weighted by molar-refractivity contribution is -0.144. The third-order valence-corrected chi connectivity index (χ3v) is 3.58. The minimum Gasteiger partial charge on any atom is -0.480 e. The second-order valence-corrected chi connectivity index (χ2v) is 5.01. The van der Waals surface area contributed by atoms with Crippen LogP contribution in [0.3, 0.4) is 0 Å². The number of aliphatic carboxylic acids is 1. The predicted molar refractivity (Wildman–Crippen MR) is 69.3 cm³/mol. The largest absolute Gasteiger partial charge is 0.480 e. The van der Waals surface area contributed by atoms with Crippen LogP contribution >= 0.6 is 0 Å². The number of likely N-dealkylation sites (tertiary alicyclic amines) is 1. The predicted octanol–water partition coefficient (Wildman–Crippen LogP) is 1.01. The molecule has 5 heteroatoms. The lowest BCUT2D eigenvalue weighted by Crippen LogP contribution is -2.50. The quantitative estimate of drug-likeness (QED) is 0.489. The van der Waals surface area contributed by atoms with Gasteiger partial charge in [-0.1, -0.05) is 19.2 Å². The highest BCUT2D eigenvalue weighted by Gasteiger charge is 2.33. The van der Waals surface area contributed by atoms with E-state index in [1.54, 1.807) is 0 Å². The third-order valence-electron chi connectivity index (χ3n) is 3.58. The van der Waals surface area contributed by atoms with Gasteiger partial charge in [-0.05, 0) is 38.8 Å². The molecule has 2 radical (unpaired) electrons. The number of carbonyl (C=O) groups is 1. The van der Waals surface area contributed by atoms with Gasteiger partial charge in [0.1, 0.15) is 5.54 Å². The average Bonchev–Trinajstić information content (AvgIpc) is 2.79. The molecule has 1 unspecified atom stereocenters. The Morgan fingerprint density at radius 3 is 2.47 bits per heavy atom. The highest BCUT2D eigenvalue weighted by atomic mass is 16.4. The van der Waals surface area contributed by atoms with Crippen LogP contribution in [0.5, 0.6) is 0 Å². The monoisotopic (exact) mass is 238 g/mol. The van der Waals surface area contributed by atoms with Gasteiger partial charge in [-0.25, -0.2) is 0 Å². The minimum absolute atomic E-state index is 0.521. The fourth-order valence-electron chi connectivity index (χ4n) is 2.29. The SMILES string of the molecule is [B]CCCCC(N)(CCN1CCCC1)C(=O)O. The smallest absolute Gasteiger partial charge is 0.323 e. The van der Waals surface area contributed by atoms with Crippen LogP contribution < -0.4 is 5.73 Å². The molecular weight excluding hydrogens is 215 g/mol. The molecule has 0 aliphatic carbocycles. The van der Waals surface area contributed by atoms with Gasteiger partial charge in [0.25, 0.3) is 0 Å². The first kappa shape index (κ1) is 14.5. The number of carboxylic acid groups (broad SMARTS) is 1. The van der Waals surface area contributed by atoms with Gasteiger partial charge >= 0.3 is 5.97 Å². The zero-order valence-corrected chi connectivity index (χ0v) is 10.5. The summed E-state index contributed by atoms with van der Waals surface area (Å²) in [5.74, 6) is -0.881. The topological polar surface area (TPSA) is 66.6 Å². The summed E-state index contributed by atoms with van der Waals surface area (Å²) in [5, 5.41) is 9.23. The molecule has 17 heavy (non-hydrogen) atoms. The van der Waals surface area contributed by atoms with Crippen molar-refractivity contribution in [2.75, 3.05) is 19.6 Å². The van der Waals surface area contributed by atoms with E-state index in [-0.39, 0.29) is 0 Å². The van der Waals surface area contributed by atoms with Gasteiger partial charge in [-0.3, -0.25) is 4.79 Å². The average molecular weight is 238 g/mol. The van der Waals surface area contributed by atoms with Gasteiger partial charge in [0, 0.05) is 6.54 Å². The van der Waals surface area contributed by atoms with E-state index in [0.29, 0.717) is 19.2 Å². The van der Waals surface area contributed by atoms with E-state index in [4.69, 9.17) is 13.6 Å². The molecule has 1 saturated heterocycles. The number of carboxylic acids is 1. The number of hydrogen-bond acceptors (Lipinski definition) is 3. The summed E-state index contributed by atoms with van der Waals surface area (Å²) in [6.07, 6.45) is 5.73. The molecule has 0 amide bonds. The Morgan fingerprint density at radius 2 is 1.94 bits per heavy atom. The Hall–Kier alpha value is -0.545. The van der Waals surface area contributed by atoms with E-state index in [1.165, 1.54) is 12.8 Å². The van der Waals surface area contributed by atoms with Gasteiger partial charge in [0.15, 0.2) is 0 Å². The Morgan fingerprint density at radius 1 is 1.29 bits per heavy atom.